The quantitative estimate of drug-likeness (QED) is 0.678. The van der Waals surface area contributed by atoms with Crippen molar-refractivity contribution in [3.8, 4) is 5.69 Å². The lowest BCUT2D eigenvalue weighted by atomic mass is 10.1. The fraction of sp³-hybridized carbons (Fsp3) is 0.318. The van der Waals surface area contributed by atoms with Crippen molar-refractivity contribution in [1.82, 2.24) is 20.1 Å². The number of nitrogens with one attached hydrogen (secondary N) is 1. The number of carbonyl (C=O) groups is 1. The molecular weight excluding hydrogens is 385 g/mol. The first-order valence-electron chi connectivity index (χ1n) is 10.0. The van der Waals surface area contributed by atoms with E-state index in [0.29, 0.717) is 37.4 Å². The monoisotopic (exact) mass is 409 g/mol. The second-order valence-corrected chi connectivity index (χ2v) is 7.01. The van der Waals surface area contributed by atoms with Gasteiger partial charge in [-0.2, -0.15) is 5.10 Å². The molecule has 0 saturated carbocycles. The van der Waals surface area contributed by atoms with Crippen LogP contribution in [0.3, 0.4) is 0 Å². The third kappa shape index (κ3) is 4.18. The van der Waals surface area contributed by atoms with Gasteiger partial charge < -0.3 is 15.0 Å². The number of anilines is 1. The molecule has 0 spiro atoms. The topological polar surface area (TPSA) is 72.3 Å². The van der Waals surface area contributed by atoms with Gasteiger partial charge in [-0.15, -0.1) is 0 Å². The largest absolute Gasteiger partial charge is 0.378 e. The molecule has 0 bridgehead atoms. The number of nitrogens with zero attached hydrogens (tertiary/aromatic N) is 4. The van der Waals surface area contributed by atoms with Crippen molar-refractivity contribution in [3.63, 3.8) is 0 Å². The molecule has 7 nitrogen and oxygen atoms in total. The summed E-state index contributed by atoms with van der Waals surface area (Å²) in [4.78, 5) is 19.6. The van der Waals surface area contributed by atoms with E-state index in [-0.39, 0.29) is 11.7 Å². The number of morpholine rings is 1. The van der Waals surface area contributed by atoms with E-state index in [0.717, 1.165) is 30.2 Å². The Morgan fingerprint density at radius 2 is 1.97 bits per heavy atom. The molecule has 30 heavy (non-hydrogen) atoms. The normalized spacial score (nSPS) is 14.0. The van der Waals surface area contributed by atoms with Crippen molar-refractivity contribution < 1.29 is 13.9 Å². The maximum Gasteiger partial charge on any atom is 0.255 e. The highest BCUT2D eigenvalue weighted by Crippen LogP contribution is 2.20. The number of rotatable bonds is 6. The van der Waals surface area contributed by atoms with Gasteiger partial charge in [0.15, 0.2) is 0 Å². The third-order valence-electron chi connectivity index (χ3n) is 5.14. The molecule has 1 aromatic carbocycles. The first-order chi connectivity index (χ1) is 14.7. The number of carbonyl (C=O) groups excluding carboxylic acids is 1. The fourth-order valence-electron chi connectivity index (χ4n) is 3.61. The predicted molar refractivity (Wildman–Crippen MR) is 111 cm³/mol. The lowest BCUT2D eigenvalue weighted by Gasteiger charge is -2.29. The molecule has 0 radical (unpaired) electrons. The van der Waals surface area contributed by atoms with Crippen molar-refractivity contribution >= 4 is 11.7 Å². The molecule has 0 unspecified atom stereocenters. The van der Waals surface area contributed by atoms with Gasteiger partial charge in [0.1, 0.15) is 11.6 Å². The molecule has 0 atom stereocenters. The number of benzene rings is 1. The van der Waals surface area contributed by atoms with Crippen molar-refractivity contribution in [1.29, 1.82) is 0 Å². The number of ether oxygens (including phenoxy) is 1. The molecule has 1 saturated heterocycles. The second kappa shape index (κ2) is 9.04. The maximum atomic E-state index is 13.2. The first-order valence-corrected chi connectivity index (χ1v) is 10.0. The molecule has 2 aromatic heterocycles. The van der Waals surface area contributed by atoms with Gasteiger partial charge >= 0.3 is 0 Å². The van der Waals surface area contributed by atoms with E-state index in [4.69, 9.17) is 4.74 Å². The van der Waals surface area contributed by atoms with Gasteiger partial charge in [0.2, 0.25) is 0 Å². The molecule has 3 aromatic rings. The number of halogens is 1. The summed E-state index contributed by atoms with van der Waals surface area (Å²) in [5, 5.41) is 7.35. The molecule has 1 fully saturated rings. The Balaban J connectivity index is 1.51. The highest BCUT2D eigenvalue weighted by Gasteiger charge is 2.19. The van der Waals surface area contributed by atoms with Crippen LogP contribution < -0.4 is 10.2 Å². The highest BCUT2D eigenvalue weighted by atomic mass is 19.1. The van der Waals surface area contributed by atoms with E-state index in [9.17, 15) is 9.18 Å². The molecule has 0 aliphatic carbocycles. The van der Waals surface area contributed by atoms with Gasteiger partial charge in [-0.05, 0) is 36.8 Å². The summed E-state index contributed by atoms with van der Waals surface area (Å²) in [6, 6.07) is 9.90. The second-order valence-electron chi connectivity index (χ2n) is 7.01. The van der Waals surface area contributed by atoms with Crippen molar-refractivity contribution in [2.24, 2.45) is 0 Å². The summed E-state index contributed by atoms with van der Waals surface area (Å²) in [6.07, 6.45) is 3.94. The van der Waals surface area contributed by atoms with E-state index < -0.39 is 0 Å². The van der Waals surface area contributed by atoms with Crippen molar-refractivity contribution in [2.75, 3.05) is 31.2 Å². The summed E-state index contributed by atoms with van der Waals surface area (Å²) >= 11 is 0. The smallest absolute Gasteiger partial charge is 0.255 e. The number of hydrogen-bond donors (Lipinski definition) is 1. The number of amides is 1. The van der Waals surface area contributed by atoms with Crippen LogP contribution in [-0.2, 0) is 17.7 Å². The number of aromatic nitrogens is 3. The van der Waals surface area contributed by atoms with Crippen molar-refractivity contribution in [3.05, 3.63) is 71.4 Å². The first kappa shape index (κ1) is 20.0. The summed E-state index contributed by atoms with van der Waals surface area (Å²) in [6.45, 7) is 5.23. The average Bonchev–Trinajstić information content (AvgIpc) is 3.23. The van der Waals surface area contributed by atoms with Crippen LogP contribution in [0.4, 0.5) is 10.2 Å². The summed E-state index contributed by atoms with van der Waals surface area (Å²) in [5.74, 6) is 0.366. The Hall–Kier alpha value is -3.26. The van der Waals surface area contributed by atoms with E-state index in [2.05, 4.69) is 20.3 Å². The van der Waals surface area contributed by atoms with Crippen LogP contribution in [0, 0.1) is 5.82 Å². The van der Waals surface area contributed by atoms with Gasteiger partial charge in [-0.1, -0.05) is 13.0 Å². The summed E-state index contributed by atoms with van der Waals surface area (Å²) < 4.78 is 20.3. The molecule has 1 N–H and O–H groups in total. The van der Waals surface area contributed by atoms with E-state index in [1.165, 1.54) is 12.1 Å². The van der Waals surface area contributed by atoms with Gasteiger partial charge in [0.25, 0.3) is 5.91 Å². The average molecular weight is 409 g/mol. The lowest BCUT2D eigenvalue weighted by molar-refractivity contribution is 0.0949. The van der Waals surface area contributed by atoms with E-state index >= 15 is 0 Å². The minimum absolute atomic E-state index is 0.197. The minimum Gasteiger partial charge on any atom is -0.378 e. The van der Waals surface area contributed by atoms with Crippen LogP contribution in [0.5, 0.6) is 0 Å². The molecule has 4 rings (SSSR count). The molecule has 1 amide bonds. The van der Waals surface area contributed by atoms with Crippen LogP contribution in [0.25, 0.3) is 5.69 Å². The van der Waals surface area contributed by atoms with Crippen LogP contribution in [0.1, 0.15) is 28.5 Å². The van der Waals surface area contributed by atoms with Crippen LogP contribution in [0.15, 0.2) is 48.8 Å². The van der Waals surface area contributed by atoms with Gasteiger partial charge in [-0.25, -0.2) is 14.1 Å². The standard InChI is InChI=1S/C22H24FN5O2/c1-2-20-19(15-26-28(20)18-7-5-17(23)6-8-18)22(29)25-14-16-4-3-9-24-21(16)27-10-12-30-13-11-27/h3-9,15H,2,10-14H2,1H3,(H,25,29). The Morgan fingerprint density at radius 1 is 1.20 bits per heavy atom. The lowest BCUT2D eigenvalue weighted by Crippen LogP contribution is -2.37. The molecule has 156 valence electrons. The maximum absolute atomic E-state index is 13.2. The highest BCUT2D eigenvalue weighted by molar-refractivity contribution is 5.95. The number of hydrogen-bond acceptors (Lipinski definition) is 5. The zero-order valence-electron chi connectivity index (χ0n) is 16.8. The Labute approximate surface area is 174 Å². The van der Waals surface area contributed by atoms with Crippen molar-refractivity contribution in [2.45, 2.75) is 19.9 Å². The third-order valence-corrected chi connectivity index (χ3v) is 5.14. The van der Waals surface area contributed by atoms with Crippen LogP contribution in [-0.4, -0.2) is 47.0 Å². The molecular formula is C22H24FN5O2. The Morgan fingerprint density at radius 3 is 2.70 bits per heavy atom. The SMILES string of the molecule is CCc1c(C(=O)NCc2cccnc2N2CCOCC2)cnn1-c1ccc(F)cc1. The Kier molecular flexibility index (Phi) is 6.04. The zero-order chi connectivity index (χ0) is 20.9. The van der Waals surface area contributed by atoms with E-state index in [1.807, 2.05) is 19.1 Å². The summed E-state index contributed by atoms with van der Waals surface area (Å²) in [7, 11) is 0. The van der Waals surface area contributed by atoms with E-state index in [1.54, 1.807) is 29.2 Å². The molecule has 8 heteroatoms. The zero-order valence-corrected chi connectivity index (χ0v) is 16.8. The summed E-state index contributed by atoms with van der Waals surface area (Å²) in [5.41, 5.74) is 2.96. The Bertz CT molecular complexity index is 1010. The molecule has 1 aliphatic rings. The molecule has 1 aliphatic heterocycles. The van der Waals surface area contributed by atoms with Gasteiger partial charge in [0.05, 0.1) is 36.4 Å². The van der Waals surface area contributed by atoms with Crippen LogP contribution >= 0.6 is 0 Å². The minimum atomic E-state index is -0.311. The van der Waals surface area contributed by atoms with Crippen LogP contribution in [0.2, 0.25) is 0 Å². The molecule has 3 heterocycles. The number of pyridine rings is 1. The predicted octanol–water partition coefficient (Wildman–Crippen LogP) is 2.74. The van der Waals surface area contributed by atoms with Gasteiger partial charge in [-0.3, -0.25) is 4.79 Å². The fourth-order valence-corrected chi connectivity index (χ4v) is 3.61. The van der Waals surface area contributed by atoms with Gasteiger partial charge in [0, 0.05) is 31.4 Å².